The Balaban J connectivity index is 1.70. The summed E-state index contributed by atoms with van der Waals surface area (Å²) < 4.78 is 4.83. The standard InChI is InChI=1S/C17H14ClNO4/c18-15-10-4-6-13(12-15)7-5-11-22-17(21)19-23-16(20)14-8-2-1-3-9-14/h1-10,12H,11H2,(H,19,21)/b7-5+. The molecule has 0 radical (unpaired) electrons. The molecule has 0 atom stereocenters. The van der Waals surface area contributed by atoms with Crippen molar-refractivity contribution in [3.05, 3.63) is 76.8 Å². The molecule has 1 N–H and O–H groups in total. The molecule has 1 amide bonds. The van der Waals surface area contributed by atoms with E-state index in [0.717, 1.165) is 5.56 Å². The van der Waals surface area contributed by atoms with Gasteiger partial charge in [-0.15, -0.1) is 5.48 Å². The lowest BCUT2D eigenvalue weighted by Gasteiger charge is -2.05. The number of rotatable bonds is 4. The van der Waals surface area contributed by atoms with Crippen molar-refractivity contribution in [3.8, 4) is 0 Å². The first-order valence-electron chi connectivity index (χ1n) is 6.76. The number of benzene rings is 2. The first kappa shape index (κ1) is 16.6. The van der Waals surface area contributed by atoms with E-state index in [4.69, 9.17) is 16.3 Å². The molecule has 0 aromatic heterocycles. The Labute approximate surface area is 138 Å². The summed E-state index contributed by atoms with van der Waals surface area (Å²) in [7, 11) is 0. The summed E-state index contributed by atoms with van der Waals surface area (Å²) in [5, 5.41) is 0.624. The molecular formula is C17H14ClNO4. The van der Waals surface area contributed by atoms with Gasteiger partial charge in [0.2, 0.25) is 0 Å². The number of carbonyl (C=O) groups is 2. The molecule has 0 heterocycles. The summed E-state index contributed by atoms with van der Waals surface area (Å²) in [6.07, 6.45) is 2.55. The number of hydroxylamine groups is 1. The molecule has 2 aromatic rings. The van der Waals surface area contributed by atoms with E-state index in [2.05, 4.69) is 4.84 Å². The highest BCUT2D eigenvalue weighted by Crippen LogP contribution is 2.11. The van der Waals surface area contributed by atoms with Gasteiger partial charge < -0.3 is 9.57 Å². The molecule has 5 nitrogen and oxygen atoms in total. The van der Waals surface area contributed by atoms with Crippen LogP contribution in [-0.2, 0) is 9.57 Å². The monoisotopic (exact) mass is 331 g/mol. The van der Waals surface area contributed by atoms with Crippen molar-refractivity contribution >= 4 is 29.7 Å². The topological polar surface area (TPSA) is 64.6 Å². The van der Waals surface area contributed by atoms with Crippen molar-refractivity contribution in [3.63, 3.8) is 0 Å². The third kappa shape index (κ3) is 5.84. The fourth-order valence-corrected chi connectivity index (χ4v) is 1.87. The van der Waals surface area contributed by atoms with E-state index in [1.807, 2.05) is 17.6 Å². The molecule has 0 unspecified atom stereocenters. The molecule has 2 aromatic carbocycles. The van der Waals surface area contributed by atoms with E-state index in [-0.39, 0.29) is 6.61 Å². The molecular weight excluding hydrogens is 318 g/mol. The number of nitrogens with one attached hydrogen (secondary N) is 1. The van der Waals surface area contributed by atoms with Gasteiger partial charge in [0.15, 0.2) is 0 Å². The van der Waals surface area contributed by atoms with Gasteiger partial charge in [-0.25, -0.2) is 9.59 Å². The second kappa shape index (κ2) is 8.60. The first-order valence-corrected chi connectivity index (χ1v) is 7.14. The summed E-state index contributed by atoms with van der Waals surface area (Å²) in [5.74, 6) is -0.669. The molecule has 6 heteroatoms. The van der Waals surface area contributed by atoms with Gasteiger partial charge in [0.05, 0.1) is 5.56 Å². The van der Waals surface area contributed by atoms with Crippen molar-refractivity contribution in [2.45, 2.75) is 0 Å². The minimum absolute atomic E-state index is 0.0290. The second-order valence-corrected chi connectivity index (χ2v) is 4.85. The van der Waals surface area contributed by atoms with Crippen molar-refractivity contribution in [1.82, 2.24) is 5.48 Å². The Morgan fingerprint density at radius 1 is 1.09 bits per heavy atom. The lowest BCUT2D eigenvalue weighted by molar-refractivity contribution is 0.0223. The Bertz CT molecular complexity index is 701. The Morgan fingerprint density at radius 3 is 2.61 bits per heavy atom. The zero-order valence-electron chi connectivity index (χ0n) is 12.1. The lowest BCUT2D eigenvalue weighted by Crippen LogP contribution is -2.27. The molecule has 0 saturated carbocycles. The summed E-state index contributed by atoms with van der Waals surface area (Å²) in [5.41, 5.74) is 3.14. The molecule has 0 spiro atoms. The summed E-state index contributed by atoms with van der Waals surface area (Å²) in [6.45, 7) is 0.0290. The van der Waals surface area contributed by atoms with Gasteiger partial charge >= 0.3 is 12.1 Å². The van der Waals surface area contributed by atoms with Crippen LogP contribution in [0.3, 0.4) is 0 Å². The van der Waals surface area contributed by atoms with Crippen molar-refractivity contribution in [2.75, 3.05) is 6.61 Å². The third-order valence-electron chi connectivity index (χ3n) is 2.71. The molecule has 2 rings (SSSR count). The number of carbonyl (C=O) groups excluding carboxylic acids is 2. The van der Waals surface area contributed by atoms with E-state index in [1.54, 1.807) is 54.6 Å². The highest BCUT2D eigenvalue weighted by molar-refractivity contribution is 6.30. The second-order valence-electron chi connectivity index (χ2n) is 4.41. The summed E-state index contributed by atoms with van der Waals surface area (Å²) in [4.78, 5) is 27.6. The maximum atomic E-state index is 11.6. The molecule has 0 aliphatic carbocycles. The van der Waals surface area contributed by atoms with Crippen LogP contribution in [-0.4, -0.2) is 18.7 Å². The van der Waals surface area contributed by atoms with Crippen LogP contribution in [0.4, 0.5) is 4.79 Å². The third-order valence-corrected chi connectivity index (χ3v) is 2.94. The van der Waals surface area contributed by atoms with Crippen LogP contribution in [0.15, 0.2) is 60.7 Å². The predicted octanol–water partition coefficient (Wildman–Crippen LogP) is 3.85. The van der Waals surface area contributed by atoms with Crippen LogP contribution in [0.5, 0.6) is 0 Å². The molecule has 0 bridgehead atoms. The zero-order valence-corrected chi connectivity index (χ0v) is 12.8. The minimum atomic E-state index is -0.856. The maximum Gasteiger partial charge on any atom is 0.441 e. The SMILES string of the molecule is O=C(NOC(=O)c1ccccc1)OC/C=C/c1cccc(Cl)c1. The average Bonchev–Trinajstić information content (AvgIpc) is 2.57. The van der Waals surface area contributed by atoms with Gasteiger partial charge in [0, 0.05) is 5.02 Å². The van der Waals surface area contributed by atoms with Crippen LogP contribution < -0.4 is 5.48 Å². The van der Waals surface area contributed by atoms with E-state index in [1.165, 1.54) is 0 Å². The number of amides is 1. The van der Waals surface area contributed by atoms with E-state index in [9.17, 15) is 9.59 Å². The maximum absolute atomic E-state index is 11.6. The Morgan fingerprint density at radius 2 is 1.87 bits per heavy atom. The van der Waals surface area contributed by atoms with Gasteiger partial charge in [-0.05, 0) is 35.9 Å². The summed E-state index contributed by atoms with van der Waals surface area (Å²) >= 11 is 5.85. The number of ether oxygens (including phenoxy) is 1. The number of hydrogen-bond acceptors (Lipinski definition) is 4. The minimum Gasteiger partial charge on any atom is -0.443 e. The van der Waals surface area contributed by atoms with E-state index < -0.39 is 12.1 Å². The van der Waals surface area contributed by atoms with Crippen LogP contribution >= 0.6 is 11.6 Å². The van der Waals surface area contributed by atoms with Gasteiger partial charge in [-0.1, -0.05) is 48.0 Å². The van der Waals surface area contributed by atoms with Crippen LogP contribution in [0.1, 0.15) is 15.9 Å². The predicted molar refractivity (Wildman–Crippen MR) is 86.8 cm³/mol. The fraction of sp³-hybridized carbons (Fsp3) is 0.0588. The highest BCUT2D eigenvalue weighted by Gasteiger charge is 2.09. The van der Waals surface area contributed by atoms with Crippen molar-refractivity contribution in [1.29, 1.82) is 0 Å². The molecule has 0 aliphatic rings. The molecule has 23 heavy (non-hydrogen) atoms. The van der Waals surface area contributed by atoms with Gasteiger partial charge in [-0.2, -0.15) is 0 Å². The van der Waals surface area contributed by atoms with Crippen LogP contribution in [0, 0.1) is 0 Å². The van der Waals surface area contributed by atoms with Gasteiger partial charge in [-0.3, -0.25) is 0 Å². The quantitative estimate of drug-likeness (QED) is 0.864. The van der Waals surface area contributed by atoms with Gasteiger partial charge in [0.25, 0.3) is 0 Å². The summed E-state index contributed by atoms with van der Waals surface area (Å²) in [6, 6.07) is 15.5. The lowest BCUT2D eigenvalue weighted by atomic mass is 10.2. The number of halogens is 1. The Kier molecular flexibility index (Phi) is 6.20. The van der Waals surface area contributed by atoms with Crippen LogP contribution in [0.2, 0.25) is 5.02 Å². The van der Waals surface area contributed by atoms with Gasteiger partial charge in [0.1, 0.15) is 6.61 Å². The van der Waals surface area contributed by atoms with Crippen molar-refractivity contribution < 1.29 is 19.2 Å². The fourth-order valence-electron chi connectivity index (χ4n) is 1.67. The number of hydrogen-bond donors (Lipinski definition) is 1. The van der Waals surface area contributed by atoms with E-state index in [0.29, 0.717) is 10.6 Å². The highest BCUT2D eigenvalue weighted by atomic mass is 35.5. The van der Waals surface area contributed by atoms with Crippen LogP contribution in [0.25, 0.3) is 6.08 Å². The first-order chi connectivity index (χ1) is 11.1. The average molecular weight is 332 g/mol. The largest absolute Gasteiger partial charge is 0.443 e. The molecule has 118 valence electrons. The Hall–Kier alpha value is -2.79. The zero-order chi connectivity index (χ0) is 16.5. The molecule has 0 fully saturated rings. The smallest absolute Gasteiger partial charge is 0.441 e. The molecule has 0 aliphatic heterocycles. The van der Waals surface area contributed by atoms with E-state index >= 15 is 0 Å². The molecule has 0 saturated heterocycles. The van der Waals surface area contributed by atoms with Crippen molar-refractivity contribution in [2.24, 2.45) is 0 Å². The normalized spacial score (nSPS) is 10.3.